The summed E-state index contributed by atoms with van der Waals surface area (Å²) in [7, 11) is -2.11. The average molecular weight is 445 g/mol. The van der Waals surface area contributed by atoms with E-state index in [2.05, 4.69) is 5.32 Å². The maximum absolute atomic E-state index is 12.6. The minimum Gasteiger partial charge on any atom is -0.491 e. The minimum atomic E-state index is -3.60. The number of aryl methyl sites for hydroxylation is 1. The Morgan fingerprint density at radius 2 is 1.80 bits per heavy atom. The van der Waals surface area contributed by atoms with Crippen LogP contribution in [0.25, 0.3) is 0 Å². The van der Waals surface area contributed by atoms with Crippen molar-refractivity contribution in [3.05, 3.63) is 77.2 Å². The number of carbonyl (C=O) groups is 1. The maximum atomic E-state index is 12.6. The number of carbonyl (C=O) groups excluding carboxylic acids is 1. The van der Waals surface area contributed by atoms with Crippen LogP contribution in [0.4, 0.5) is 5.69 Å². The fourth-order valence-electron chi connectivity index (χ4n) is 2.79. The molecule has 0 spiro atoms. The van der Waals surface area contributed by atoms with E-state index in [1.807, 2.05) is 38.1 Å². The number of nitrogens with zero attached hydrogens (tertiary/aromatic N) is 1. The number of thiophene rings is 1. The first-order valence-corrected chi connectivity index (χ1v) is 11.7. The van der Waals surface area contributed by atoms with Gasteiger partial charge in [0.15, 0.2) is 0 Å². The molecule has 1 atom stereocenters. The van der Waals surface area contributed by atoms with Crippen LogP contribution in [0.3, 0.4) is 0 Å². The summed E-state index contributed by atoms with van der Waals surface area (Å²) in [5, 5.41) is 4.61. The topological polar surface area (TPSA) is 75.7 Å². The van der Waals surface area contributed by atoms with Crippen molar-refractivity contribution in [1.29, 1.82) is 0 Å². The molecule has 0 unspecified atom stereocenters. The van der Waals surface area contributed by atoms with Crippen LogP contribution in [0.15, 0.2) is 70.3 Å². The molecule has 2 aromatic carbocycles. The van der Waals surface area contributed by atoms with Gasteiger partial charge in [-0.3, -0.25) is 9.10 Å². The summed E-state index contributed by atoms with van der Waals surface area (Å²) >= 11 is 1.17. The van der Waals surface area contributed by atoms with Crippen LogP contribution < -0.4 is 14.4 Å². The van der Waals surface area contributed by atoms with E-state index in [0.29, 0.717) is 17.9 Å². The predicted octanol–water partition coefficient (Wildman–Crippen LogP) is 4.08. The summed E-state index contributed by atoms with van der Waals surface area (Å²) in [6.07, 6.45) is 0. The van der Waals surface area contributed by atoms with Crippen LogP contribution in [0.2, 0.25) is 0 Å². The zero-order valence-electron chi connectivity index (χ0n) is 17.0. The van der Waals surface area contributed by atoms with Gasteiger partial charge in [-0.25, -0.2) is 8.42 Å². The lowest BCUT2D eigenvalue weighted by Gasteiger charge is -2.19. The Labute approximate surface area is 181 Å². The Morgan fingerprint density at radius 3 is 2.43 bits per heavy atom. The second-order valence-electron chi connectivity index (χ2n) is 6.90. The minimum absolute atomic E-state index is 0.196. The summed E-state index contributed by atoms with van der Waals surface area (Å²) in [5.74, 6) is 0.545. The Hall–Kier alpha value is -2.84. The van der Waals surface area contributed by atoms with Gasteiger partial charge in [0.1, 0.15) is 16.6 Å². The molecular weight excluding hydrogens is 420 g/mol. The predicted molar refractivity (Wildman–Crippen MR) is 120 cm³/mol. The SMILES string of the molecule is Cc1ccccc1OC[C@H](C)NC(=O)c1ccc(N(C)S(=O)(=O)c2cccs2)cc1. The molecule has 1 amide bonds. The lowest BCUT2D eigenvalue weighted by atomic mass is 10.2. The van der Waals surface area contributed by atoms with E-state index in [4.69, 9.17) is 4.74 Å². The fourth-order valence-corrected chi connectivity index (χ4v) is 5.15. The van der Waals surface area contributed by atoms with Crippen molar-refractivity contribution in [2.45, 2.75) is 24.1 Å². The van der Waals surface area contributed by atoms with E-state index >= 15 is 0 Å². The van der Waals surface area contributed by atoms with Crippen LogP contribution >= 0.6 is 11.3 Å². The summed E-state index contributed by atoms with van der Waals surface area (Å²) in [5.41, 5.74) is 1.97. The highest BCUT2D eigenvalue weighted by atomic mass is 32.2. The highest BCUT2D eigenvalue weighted by Crippen LogP contribution is 2.25. The standard InChI is InChI=1S/C22H24N2O4S2/c1-16-7-4-5-8-20(16)28-15-17(2)23-22(25)18-10-12-19(13-11-18)24(3)30(26,27)21-9-6-14-29-21/h4-14,17H,15H2,1-3H3,(H,23,25)/t17-/m0/s1. The molecule has 3 rings (SSSR count). The molecule has 6 nitrogen and oxygen atoms in total. The van der Waals surface area contributed by atoms with Crippen molar-refractivity contribution in [3.8, 4) is 5.75 Å². The number of amides is 1. The number of ether oxygens (including phenoxy) is 1. The number of hydrogen-bond donors (Lipinski definition) is 1. The number of benzene rings is 2. The van der Waals surface area contributed by atoms with Gasteiger partial charge >= 0.3 is 0 Å². The van der Waals surface area contributed by atoms with E-state index in [0.717, 1.165) is 11.3 Å². The molecule has 3 aromatic rings. The molecular formula is C22H24N2O4S2. The third-order valence-corrected chi connectivity index (χ3v) is 7.72. The van der Waals surface area contributed by atoms with Gasteiger partial charge < -0.3 is 10.1 Å². The van der Waals surface area contributed by atoms with Crippen molar-refractivity contribution in [1.82, 2.24) is 5.32 Å². The lowest BCUT2D eigenvalue weighted by molar-refractivity contribution is 0.0926. The molecule has 0 saturated heterocycles. The first-order valence-electron chi connectivity index (χ1n) is 9.41. The van der Waals surface area contributed by atoms with Crippen molar-refractivity contribution in [2.24, 2.45) is 0 Å². The molecule has 0 aliphatic rings. The Bertz CT molecular complexity index is 1090. The zero-order chi connectivity index (χ0) is 21.7. The van der Waals surface area contributed by atoms with Crippen LogP contribution in [-0.4, -0.2) is 34.0 Å². The van der Waals surface area contributed by atoms with Gasteiger partial charge in [0, 0.05) is 12.6 Å². The summed E-state index contributed by atoms with van der Waals surface area (Å²) in [6.45, 7) is 4.18. The second kappa shape index (κ2) is 9.32. The maximum Gasteiger partial charge on any atom is 0.273 e. The molecule has 0 aliphatic carbocycles. The van der Waals surface area contributed by atoms with Crippen LogP contribution in [0.1, 0.15) is 22.8 Å². The molecule has 0 aliphatic heterocycles. The number of rotatable bonds is 8. The fraction of sp³-hybridized carbons (Fsp3) is 0.227. The van der Waals surface area contributed by atoms with Crippen LogP contribution in [0.5, 0.6) is 5.75 Å². The molecule has 0 saturated carbocycles. The van der Waals surface area contributed by atoms with E-state index in [1.165, 1.54) is 22.7 Å². The summed E-state index contributed by atoms with van der Waals surface area (Å²) < 4.78 is 32.5. The lowest BCUT2D eigenvalue weighted by Crippen LogP contribution is -2.36. The van der Waals surface area contributed by atoms with Crippen molar-refractivity contribution in [2.75, 3.05) is 18.0 Å². The highest BCUT2D eigenvalue weighted by Gasteiger charge is 2.22. The molecule has 8 heteroatoms. The van der Waals surface area contributed by atoms with Crippen LogP contribution in [0, 0.1) is 6.92 Å². The van der Waals surface area contributed by atoms with Gasteiger partial charge in [-0.2, -0.15) is 0 Å². The molecule has 30 heavy (non-hydrogen) atoms. The Morgan fingerprint density at radius 1 is 1.10 bits per heavy atom. The molecule has 158 valence electrons. The molecule has 1 N–H and O–H groups in total. The Kier molecular flexibility index (Phi) is 6.79. The van der Waals surface area contributed by atoms with Gasteiger partial charge in [-0.15, -0.1) is 11.3 Å². The normalized spacial score (nSPS) is 12.2. The average Bonchev–Trinajstić information content (AvgIpc) is 3.28. The van der Waals surface area contributed by atoms with Gasteiger partial charge in [0.05, 0.1) is 11.7 Å². The van der Waals surface area contributed by atoms with Crippen molar-refractivity contribution < 1.29 is 17.9 Å². The van der Waals surface area contributed by atoms with Gasteiger partial charge in [-0.1, -0.05) is 24.3 Å². The molecule has 1 heterocycles. The first-order chi connectivity index (χ1) is 14.3. The molecule has 0 radical (unpaired) electrons. The number of sulfonamides is 1. The Balaban J connectivity index is 1.60. The van der Waals surface area contributed by atoms with E-state index in [1.54, 1.807) is 41.8 Å². The van der Waals surface area contributed by atoms with Gasteiger partial charge in [0.2, 0.25) is 0 Å². The summed E-state index contributed by atoms with van der Waals surface area (Å²) in [6, 6.07) is 17.2. The van der Waals surface area contributed by atoms with E-state index in [9.17, 15) is 13.2 Å². The second-order valence-corrected chi connectivity index (χ2v) is 10.0. The number of nitrogens with one attached hydrogen (secondary N) is 1. The third kappa shape index (κ3) is 5.01. The number of para-hydroxylation sites is 1. The van der Waals surface area contributed by atoms with E-state index in [-0.39, 0.29) is 16.2 Å². The van der Waals surface area contributed by atoms with Gasteiger partial charge in [-0.05, 0) is 61.2 Å². The first kappa shape index (κ1) is 21.9. The largest absolute Gasteiger partial charge is 0.491 e. The van der Waals surface area contributed by atoms with Crippen molar-refractivity contribution >= 4 is 33.0 Å². The monoisotopic (exact) mass is 444 g/mol. The highest BCUT2D eigenvalue weighted by molar-refractivity contribution is 7.94. The zero-order valence-corrected chi connectivity index (χ0v) is 18.7. The van der Waals surface area contributed by atoms with Gasteiger partial charge in [0.25, 0.3) is 15.9 Å². The van der Waals surface area contributed by atoms with Crippen LogP contribution in [-0.2, 0) is 10.0 Å². The third-order valence-electron chi connectivity index (χ3n) is 4.56. The van der Waals surface area contributed by atoms with E-state index < -0.39 is 10.0 Å². The summed E-state index contributed by atoms with van der Waals surface area (Å²) in [4.78, 5) is 12.5. The number of anilines is 1. The quantitative estimate of drug-likeness (QED) is 0.568. The molecule has 1 aromatic heterocycles. The van der Waals surface area contributed by atoms with Crippen molar-refractivity contribution in [3.63, 3.8) is 0 Å². The molecule has 0 fully saturated rings. The molecule has 0 bridgehead atoms. The number of hydrogen-bond acceptors (Lipinski definition) is 5. The smallest absolute Gasteiger partial charge is 0.273 e.